The molecule has 5 nitrogen and oxygen atoms in total. The van der Waals surface area contributed by atoms with Crippen LogP contribution in [-0.4, -0.2) is 11.1 Å². The van der Waals surface area contributed by atoms with E-state index in [0.29, 0.717) is 5.69 Å². The molecule has 21 heavy (non-hydrogen) atoms. The van der Waals surface area contributed by atoms with Crippen LogP contribution in [0.2, 0.25) is 5.02 Å². The Balaban J connectivity index is 2.49. The van der Waals surface area contributed by atoms with Gasteiger partial charge in [-0.05, 0) is 30.3 Å². The molecule has 0 fully saturated rings. The minimum absolute atomic E-state index is 0.107. The number of carboxylic acid groups (broad SMARTS) is 1. The number of hydrogen-bond acceptors (Lipinski definition) is 4. The van der Waals surface area contributed by atoms with E-state index in [2.05, 4.69) is 5.32 Å². The van der Waals surface area contributed by atoms with E-state index >= 15 is 0 Å². The van der Waals surface area contributed by atoms with Gasteiger partial charge in [0.15, 0.2) is 0 Å². The average Bonchev–Trinajstić information content (AvgIpc) is 2.43. The van der Waals surface area contributed by atoms with Gasteiger partial charge in [-0.1, -0.05) is 11.6 Å². The maximum absolute atomic E-state index is 13.3. The topological polar surface area (TPSA) is 99.1 Å². The van der Waals surface area contributed by atoms with Crippen molar-refractivity contribution in [3.63, 3.8) is 0 Å². The predicted octanol–water partition coefficient (Wildman–Crippen LogP) is 3.37. The quantitative estimate of drug-likeness (QED) is 0.755. The van der Waals surface area contributed by atoms with Gasteiger partial charge in [-0.2, -0.15) is 5.26 Å². The number of anilines is 3. The molecule has 7 heteroatoms. The Labute approximate surface area is 124 Å². The lowest BCUT2D eigenvalue weighted by molar-refractivity contribution is 0.0698. The lowest BCUT2D eigenvalue weighted by atomic mass is 10.1. The summed E-state index contributed by atoms with van der Waals surface area (Å²) >= 11 is 5.99. The first-order valence-corrected chi connectivity index (χ1v) is 6.09. The van der Waals surface area contributed by atoms with Gasteiger partial charge in [-0.15, -0.1) is 0 Å². The summed E-state index contributed by atoms with van der Waals surface area (Å²) in [5, 5.41) is 20.8. The molecule has 0 amide bonds. The molecule has 2 rings (SSSR count). The highest BCUT2D eigenvalue weighted by molar-refractivity contribution is 6.34. The van der Waals surface area contributed by atoms with Crippen molar-refractivity contribution in [1.29, 1.82) is 5.26 Å². The second-order valence-electron chi connectivity index (χ2n) is 4.16. The fourth-order valence-corrected chi connectivity index (χ4v) is 2.03. The molecule has 0 aromatic heterocycles. The fourth-order valence-electron chi connectivity index (χ4n) is 1.76. The summed E-state index contributed by atoms with van der Waals surface area (Å²) in [6, 6.07) is 8.08. The third-order valence-corrected chi connectivity index (χ3v) is 3.00. The van der Waals surface area contributed by atoms with Crippen LogP contribution in [0.3, 0.4) is 0 Å². The smallest absolute Gasteiger partial charge is 0.337 e. The lowest BCUT2D eigenvalue weighted by Gasteiger charge is -2.13. The van der Waals surface area contributed by atoms with Crippen molar-refractivity contribution < 1.29 is 14.3 Å². The van der Waals surface area contributed by atoms with Gasteiger partial charge in [0, 0.05) is 11.4 Å². The molecule has 0 saturated heterocycles. The van der Waals surface area contributed by atoms with Crippen molar-refractivity contribution in [3.05, 3.63) is 52.3 Å². The minimum Gasteiger partial charge on any atom is -0.478 e. The van der Waals surface area contributed by atoms with Gasteiger partial charge in [0.1, 0.15) is 11.9 Å². The first-order chi connectivity index (χ1) is 9.92. The second-order valence-corrected chi connectivity index (χ2v) is 4.57. The molecule has 0 bridgehead atoms. The standard InChI is InChI=1S/C14H9ClFN3O2/c15-11-5-8(18)4-10(14(20)21)13(11)19-9-1-2-12(16)7(3-9)6-17/h1-5,19H,18H2,(H,20,21). The Kier molecular flexibility index (Phi) is 3.96. The van der Waals surface area contributed by atoms with E-state index in [1.54, 1.807) is 6.07 Å². The van der Waals surface area contributed by atoms with Crippen LogP contribution in [0.1, 0.15) is 15.9 Å². The van der Waals surface area contributed by atoms with Gasteiger partial charge in [0.25, 0.3) is 0 Å². The SMILES string of the molecule is N#Cc1cc(Nc2c(Cl)cc(N)cc2C(=O)O)ccc1F. The number of nitriles is 1. The van der Waals surface area contributed by atoms with Gasteiger partial charge >= 0.3 is 5.97 Å². The molecular weight excluding hydrogens is 297 g/mol. The average molecular weight is 306 g/mol. The molecule has 106 valence electrons. The number of aromatic carboxylic acids is 1. The zero-order valence-electron chi connectivity index (χ0n) is 10.5. The maximum atomic E-state index is 13.3. The van der Waals surface area contributed by atoms with Crippen LogP contribution in [0.4, 0.5) is 21.5 Å². The van der Waals surface area contributed by atoms with Crippen LogP contribution in [0.15, 0.2) is 30.3 Å². The third kappa shape index (κ3) is 3.04. The largest absolute Gasteiger partial charge is 0.478 e. The molecule has 0 heterocycles. The van der Waals surface area contributed by atoms with Gasteiger partial charge in [0.2, 0.25) is 0 Å². The Morgan fingerprint density at radius 1 is 1.38 bits per heavy atom. The Bertz CT molecular complexity index is 772. The molecule has 0 saturated carbocycles. The van der Waals surface area contributed by atoms with Crippen LogP contribution in [0.5, 0.6) is 0 Å². The van der Waals surface area contributed by atoms with Crippen molar-refractivity contribution in [2.45, 2.75) is 0 Å². The maximum Gasteiger partial charge on any atom is 0.337 e. The number of halogens is 2. The van der Waals surface area contributed by atoms with E-state index in [9.17, 15) is 14.3 Å². The molecule has 0 aliphatic rings. The molecule has 0 atom stereocenters. The number of nitrogen functional groups attached to an aromatic ring is 1. The summed E-state index contributed by atoms with van der Waals surface area (Å²) in [5.41, 5.74) is 5.93. The molecule has 0 spiro atoms. The first kappa shape index (κ1) is 14.6. The summed E-state index contributed by atoms with van der Waals surface area (Å²) < 4.78 is 13.3. The van der Waals surface area contributed by atoms with Crippen LogP contribution in [-0.2, 0) is 0 Å². The Hall–Kier alpha value is -2.78. The van der Waals surface area contributed by atoms with Crippen LogP contribution < -0.4 is 11.1 Å². The summed E-state index contributed by atoms with van der Waals surface area (Å²) in [6.45, 7) is 0. The molecule has 0 unspecified atom stereocenters. The van der Waals surface area contributed by atoms with Crippen molar-refractivity contribution in [2.75, 3.05) is 11.1 Å². The van der Waals surface area contributed by atoms with E-state index in [0.717, 1.165) is 6.07 Å². The summed E-state index contributed by atoms with van der Waals surface area (Å²) in [4.78, 5) is 11.2. The van der Waals surface area contributed by atoms with Crippen LogP contribution >= 0.6 is 11.6 Å². The highest BCUT2D eigenvalue weighted by Crippen LogP contribution is 2.32. The van der Waals surface area contributed by atoms with Gasteiger partial charge < -0.3 is 16.2 Å². The first-order valence-electron chi connectivity index (χ1n) is 5.71. The number of carboxylic acids is 1. The highest BCUT2D eigenvalue weighted by Gasteiger charge is 2.15. The summed E-state index contributed by atoms with van der Waals surface area (Å²) in [6.07, 6.45) is 0. The van der Waals surface area contributed by atoms with Crippen LogP contribution in [0.25, 0.3) is 0 Å². The molecule has 4 N–H and O–H groups in total. The summed E-state index contributed by atoms with van der Waals surface area (Å²) in [7, 11) is 0. The minimum atomic E-state index is -1.21. The number of nitrogens with one attached hydrogen (secondary N) is 1. The van der Waals surface area contributed by atoms with Gasteiger partial charge in [0.05, 0.1) is 21.8 Å². The zero-order chi connectivity index (χ0) is 15.6. The van der Waals surface area contributed by atoms with Gasteiger partial charge in [-0.25, -0.2) is 9.18 Å². The molecule has 2 aromatic rings. The molecule has 0 aliphatic carbocycles. The number of carbonyl (C=O) groups is 1. The lowest BCUT2D eigenvalue weighted by Crippen LogP contribution is -2.05. The van der Waals surface area contributed by atoms with Gasteiger partial charge in [-0.3, -0.25) is 0 Å². The van der Waals surface area contributed by atoms with Crippen molar-refractivity contribution >= 4 is 34.6 Å². The number of hydrogen-bond donors (Lipinski definition) is 3. The molecular formula is C14H9ClFN3O2. The molecule has 0 radical (unpaired) electrons. The van der Waals surface area contributed by atoms with E-state index in [1.807, 2.05) is 0 Å². The van der Waals surface area contributed by atoms with E-state index in [4.69, 9.17) is 22.6 Å². The fraction of sp³-hybridized carbons (Fsp3) is 0. The Morgan fingerprint density at radius 3 is 2.71 bits per heavy atom. The number of rotatable bonds is 3. The number of benzene rings is 2. The zero-order valence-corrected chi connectivity index (χ0v) is 11.3. The third-order valence-electron chi connectivity index (χ3n) is 2.70. The van der Waals surface area contributed by atoms with E-state index in [-0.39, 0.29) is 27.5 Å². The van der Waals surface area contributed by atoms with Crippen molar-refractivity contribution in [2.24, 2.45) is 0 Å². The predicted molar refractivity (Wildman–Crippen MR) is 77.2 cm³/mol. The Morgan fingerprint density at radius 2 is 2.10 bits per heavy atom. The molecule has 0 aliphatic heterocycles. The summed E-state index contributed by atoms with van der Waals surface area (Å²) in [5.74, 6) is -1.88. The number of nitrogens with zero attached hydrogens (tertiary/aromatic N) is 1. The molecule has 2 aromatic carbocycles. The normalized spacial score (nSPS) is 9.95. The highest BCUT2D eigenvalue weighted by atomic mass is 35.5. The van der Waals surface area contributed by atoms with E-state index < -0.39 is 11.8 Å². The van der Waals surface area contributed by atoms with Crippen molar-refractivity contribution in [3.8, 4) is 6.07 Å². The number of nitrogens with two attached hydrogens (primary N) is 1. The second kappa shape index (κ2) is 5.69. The van der Waals surface area contributed by atoms with Crippen LogP contribution in [0, 0.1) is 17.1 Å². The van der Waals surface area contributed by atoms with Crippen molar-refractivity contribution in [1.82, 2.24) is 0 Å². The van der Waals surface area contributed by atoms with E-state index in [1.165, 1.54) is 24.3 Å². The monoisotopic (exact) mass is 305 g/mol.